The van der Waals surface area contributed by atoms with Gasteiger partial charge < -0.3 is 4.74 Å². The summed E-state index contributed by atoms with van der Waals surface area (Å²) in [4.78, 5) is 0. The van der Waals surface area contributed by atoms with Gasteiger partial charge in [0.25, 0.3) is 0 Å². The van der Waals surface area contributed by atoms with Crippen LogP contribution in [0.4, 0.5) is 0 Å². The lowest BCUT2D eigenvalue weighted by atomic mass is 10.3. The first-order valence-corrected chi connectivity index (χ1v) is 5.48. The summed E-state index contributed by atoms with van der Waals surface area (Å²) in [6.45, 7) is 0. The van der Waals surface area contributed by atoms with E-state index in [1.807, 2.05) is 30.3 Å². The van der Waals surface area contributed by atoms with Crippen LogP contribution in [-0.2, 0) is 0 Å². The third-order valence-corrected chi connectivity index (χ3v) is 2.29. The van der Waals surface area contributed by atoms with Crippen molar-refractivity contribution in [1.29, 1.82) is 0 Å². The van der Waals surface area contributed by atoms with Crippen molar-refractivity contribution < 1.29 is 4.74 Å². The second-order valence-corrected chi connectivity index (χ2v) is 3.83. The van der Waals surface area contributed by atoms with Gasteiger partial charge in [-0.05, 0) is 36.4 Å². The van der Waals surface area contributed by atoms with Crippen molar-refractivity contribution in [2.45, 2.75) is 0 Å². The minimum absolute atomic E-state index is 0.717. The Kier molecular flexibility index (Phi) is 5.76. The fourth-order valence-electron chi connectivity index (χ4n) is 0.986. The number of hydrogen-bond acceptors (Lipinski definition) is 1. The summed E-state index contributed by atoms with van der Waals surface area (Å²) in [6.07, 6.45) is 0. The van der Waals surface area contributed by atoms with Crippen LogP contribution in [0, 0.1) is 0 Å². The quantitative estimate of drug-likeness (QED) is 0.718. The van der Waals surface area contributed by atoms with Crippen LogP contribution in [0.25, 0.3) is 0 Å². The number of rotatable bonds is 1. The molecule has 0 N–H and O–H groups in total. The van der Waals surface area contributed by atoms with Gasteiger partial charge in [0.05, 0.1) is 7.11 Å². The molecule has 0 amide bonds. The van der Waals surface area contributed by atoms with Crippen molar-refractivity contribution in [2.24, 2.45) is 0 Å². The lowest BCUT2D eigenvalue weighted by Crippen LogP contribution is -1.78. The summed E-state index contributed by atoms with van der Waals surface area (Å²) in [6, 6.07) is 16.7. The van der Waals surface area contributed by atoms with E-state index in [0.29, 0.717) is 0 Å². The Morgan fingerprint density at radius 1 is 0.750 bits per heavy atom. The highest BCUT2D eigenvalue weighted by Crippen LogP contribution is 2.12. The number of ether oxygens (including phenoxy) is 1. The molecule has 0 spiro atoms. The van der Waals surface area contributed by atoms with E-state index in [1.54, 1.807) is 31.4 Å². The van der Waals surface area contributed by atoms with E-state index in [-0.39, 0.29) is 0 Å². The Balaban J connectivity index is 0.000000160. The standard InChI is InChI=1S/C7H8O.C6H4Cl2/c1-8-7-5-3-2-4-6-7;7-5-1-2-6(8)4-3-5/h2-6H,1H3;1-4H. The molecule has 2 aromatic carbocycles. The first-order chi connectivity index (χ1) is 7.72. The smallest absolute Gasteiger partial charge is 0.118 e. The topological polar surface area (TPSA) is 9.23 Å². The molecular weight excluding hydrogens is 243 g/mol. The highest BCUT2D eigenvalue weighted by atomic mass is 35.5. The second-order valence-electron chi connectivity index (χ2n) is 2.95. The summed E-state index contributed by atoms with van der Waals surface area (Å²) in [7, 11) is 1.66. The maximum Gasteiger partial charge on any atom is 0.118 e. The molecule has 0 radical (unpaired) electrons. The van der Waals surface area contributed by atoms with Crippen LogP contribution < -0.4 is 4.74 Å². The highest BCUT2D eigenvalue weighted by Gasteiger charge is 1.83. The minimum Gasteiger partial charge on any atom is -0.497 e. The lowest BCUT2D eigenvalue weighted by Gasteiger charge is -1.93. The van der Waals surface area contributed by atoms with Crippen LogP contribution in [0.1, 0.15) is 0 Å². The molecule has 2 aromatic rings. The molecule has 3 heteroatoms. The maximum atomic E-state index is 5.55. The van der Waals surface area contributed by atoms with Gasteiger partial charge in [0.2, 0.25) is 0 Å². The molecule has 0 aliphatic heterocycles. The Morgan fingerprint density at radius 2 is 1.19 bits per heavy atom. The van der Waals surface area contributed by atoms with Gasteiger partial charge in [-0.3, -0.25) is 0 Å². The van der Waals surface area contributed by atoms with Crippen molar-refractivity contribution >= 4 is 23.2 Å². The van der Waals surface area contributed by atoms with Gasteiger partial charge in [-0.25, -0.2) is 0 Å². The molecule has 1 nitrogen and oxygen atoms in total. The van der Waals surface area contributed by atoms with Gasteiger partial charge in [0.1, 0.15) is 5.75 Å². The average Bonchev–Trinajstić information content (AvgIpc) is 2.35. The molecule has 0 bridgehead atoms. The number of hydrogen-bond donors (Lipinski definition) is 0. The molecule has 0 unspecified atom stereocenters. The Hall–Kier alpha value is -1.18. The van der Waals surface area contributed by atoms with Gasteiger partial charge in [-0.15, -0.1) is 0 Å². The third kappa shape index (κ3) is 5.06. The van der Waals surface area contributed by atoms with Crippen LogP contribution in [0.5, 0.6) is 5.75 Å². The summed E-state index contributed by atoms with van der Waals surface area (Å²) < 4.78 is 4.91. The molecular formula is C13H12Cl2O. The second kappa shape index (κ2) is 7.15. The summed E-state index contributed by atoms with van der Waals surface area (Å²) in [5.41, 5.74) is 0. The third-order valence-electron chi connectivity index (χ3n) is 1.78. The zero-order valence-corrected chi connectivity index (χ0v) is 10.4. The molecule has 0 saturated heterocycles. The fraction of sp³-hybridized carbons (Fsp3) is 0.0769. The number of halogens is 2. The molecule has 2 rings (SSSR count). The molecule has 16 heavy (non-hydrogen) atoms. The van der Waals surface area contributed by atoms with Gasteiger partial charge in [-0.2, -0.15) is 0 Å². The maximum absolute atomic E-state index is 5.55. The highest BCUT2D eigenvalue weighted by molar-refractivity contribution is 6.32. The molecule has 0 atom stereocenters. The van der Waals surface area contributed by atoms with E-state index >= 15 is 0 Å². The van der Waals surface area contributed by atoms with E-state index in [0.717, 1.165) is 15.8 Å². The van der Waals surface area contributed by atoms with Gasteiger partial charge in [-0.1, -0.05) is 41.4 Å². The Bertz CT molecular complexity index is 377. The molecule has 0 heterocycles. The molecule has 0 aliphatic carbocycles. The largest absolute Gasteiger partial charge is 0.497 e. The van der Waals surface area contributed by atoms with Gasteiger partial charge in [0, 0.05) is 10.0 Å². The van der Waals surface area contributed by atoms with E-state index in [4.69, 9.17) is 27.9 Å². The SMILES string of the molecule is COc1ccccc1.Clc1ccc(Cl)cc1. The van der Waals surface area contributed by atoms with Crippen molar-refractivity contribution in [2.75, 3.05) is 7.11 Å². The molecule has 0 saturated carbocycles. The van der Waals surface area contributed by atoms with Crippen LogP contribution >= 0.6 is 23.2 Å². The van der Waals surface area contributed by atoms with Crippen LogP contribution in [0.15, 0.2) is 54.6 Å². The first-order valence-electron chi connectivity index (χ1n) is 4.72. The zero-order chi connectivity index (χ0) is 11.8. The average molecular weight is 255 g/mol. The molecule has 0 fully saturated rings. The Labute approximate surface area is 106 Å². The predicted octanol–water partition coefficient (Wildman–Crippen LogP) is 4.69. The lowest BCUT2D eigenvalue weighted by molar-refractivity contribution is 0.415. The van der Waals surface area contributed by atoms with E-state index in [1.165, 1.54) is 0 Å². The van der Waals surface area contributed by atoms with E-state index in [2.05, 4.69) is 0 Å². The number of methoxy groups -OCH3 is 1. The first kappa shape index (κ1) is 12.9. The number of para-hydroxylation sites is 1. The normalized spacial score (nSPS) is 8.94. The van der Waals surface area contributed by atoms with Crippen LogP contribution in [0.3, 0.4) is 0 Å². The predicted molar refractivity (Wildman–Crippen MR) is 69.5 cm³/mol. The van der Waals surface area contributed by atoms with Gasteiger partial charge in [0.15, 0.2) is 0 Å². The molecule has 0 aromatic heterocycles. The molecule has 0 aliphatic rings. The minimum atomic E-state index is 0.717. The number of benzene rings is 2. The van der Waals surface area contributed by atoms with Crippen LogP contribution in [-0.4, -0.2) is 7.11 Å². The monoisotopic (exact) mass is 254 g/mol. The van der Waals surface area contributed by atoms with Crippen molar-refractivity contribution in [1.82, 2.24) is 0 Å². The van der Waals surface area contributed by atoms with E-state index < -0.39 is 0 Å². The van der Waals surface area contributed by atoms with Crippen molar-refractivity contribution in [3.63, 3.8) is 0 Å². The van der Waals surface area contributed by atoms with Crippen LogP contribution in [0.2, 0.25) is 10.0 Å². The van der Waals surface area contributed by atoms with Crippen molar-refractivity contribution in [3.05, 3.63) is 64.6 Å². The van der Waals surface area contributed by atoms with Gasteiger partial charge >= 0.3 is 0 Å². The summed E-state index contributed by atoms with van der Waals surface area (Å²) >= 11 is 11.1. The zero-order valence-electron chi connectivity index (χ0n) is 8.86. The fourth-order valence-corrected chi connectivity index (χ4v) is 1.24. The van der Waals surface area contributed by atoms with E-state index in [9.17, 15) is 0 Å². The van der Waals surface area contributed by atoms with Crippen molar-refractivity contribution in [3.8, 4) is 5.75 Å². The molecule has 84 valence electrons. The Morgan fingerprint density at radius 3 is 1.50 bits per heavy atom. The summed E-state index contributed by atoms with van der Waals surface area (Å²) in [5.74, 6) is 0.910. The summed E-state index contributed by atoms with van der Waals surface area (Å²) in [5, 5.41) is 1.43.